The Hall–Kier alpha value is -1.35. The molecular weight excluding hydrogens is 286 g/mol. The van der Waals surface area contributed by atoms with Gasteiger partial charge < -0.3 is 5.11 Å². The Bertz CT molecular complexity index is 522. The van der Waals surface area contributed by atoms with Crippen molar-refractivity contribution in [2.24, 2.45) is 5.92 Å². The smallest absolute Gasteiger partial charge is 0.335 e. The first kappa shape index (κ1) is 16.5. The van der Waals surface area contributed by atoms with Crippen molar-refractivity contribution in [3.05, 3.63) is 35.4 Å². The zero-order chi connectivity index (χ0) is 16.1. The summed E-state index contributed by atoms with van der Waals surface area (Å²) in [6.45, 7) is 2.06. The van der Waals surface area contributed by atoms with Crippen LogP contribution >= 0.6 is 0 Å². The second-order valence-corrected chi connectivity index (χ2v) is 7.35. The predicted octanol–water partition coefficient (Wildman–Crippen LogP) is 4.71. The van der Waals surface area contributed by atoms with E-state index in [9.17, 15) is 4.79 Å². The summed E-state index contributed by atoms with van der Waals surface area (Å²) in [7, 11) is 0. The van der Waals surface area contributed by atoms with Gasteiger partial charge in [0.05, 0.1) is 5.56 Å². The quantitative estimate of drug-likeness (QED) is 0.826. The third-order valence-corrected chi connectivity index (χ3v) is 5.69. The number of hydrogen-bond acceptors (Lipinski definition) is 2. The Morgan fingerprint density at radius 1 is 1.09 bits per heavy atom. The highest BCUT2D eigenvalue weighted by molar-refractivity contribution is 5.87. The molecule has 3 nitrogen and oxygen atoms in total. The Labute approximate surface area is 139 Å². The summed E-state index contributed by atoms with van der Waals surface area (Å²) in [5.74, 6) is 0.128. The summed E-state index contributed by atoms with van der Waals surface area (Å²) in [5, 5.41) is 9.14. The zero-order valence-corrected chi connectivity index (χ0v) is 14.0. The van der Waals surface area contributed by atoms with Crippen molar-refractivity contribution in [2.75, 3.05) is 6.54 Å². The molecule has 1 aliphatic carbocycles. The lowest BCUT2D eigenvalue weighted by Gasteiger charge is -2.28. The Morgan fingerprint density at radius 2 is 1.91 bits per heavy atom. The van der Waals surface area contributed by atoms with Crippen LogP contribution in [-0.2, 0) is 6.54 Å². The number of carboxylic acids is 1. The van der Waals surface area contributed by atoms with E-state index in [0.717, 1.165) is 24.6 Å². The number of benzene rings is 1. The largest absolute Gasteiger partial charge is 0.478 e. The van der Waals surface area contributed by atoms with Gasteiger partial charge in [0.2, 0.25) is 0 Å². The maximum atomic E-state index is 11.1. The molecule has 1 unspecified atom stereocenters. The minimum Gasteiger partial charge on any atom is -0.478 e. The van der Waals surface area contributed by atoms with Gasteiger partial charge in [-0.1, -0.05) is 44.2 Å². The molecule has 1 heterocycles. The molecule has 1 aliphatic heterocycles. The minimum absolute atomic E-state index is 0.403. The fraction of sp³-hybridized carbons (Fsp3) is 0.650. The highest BCUT2D eigenvalue weighted by atomic mass is 16.4. The topological polar surface area (TPSA) is 40.5 Å². The molecule has 0 spiro atoms. The molecular formula is C20H29NO2. The van der Waals surface area contributed by atoms with E-state index >= 15 is 0 Å². The van der Waals surface area contributed by atoms with Crippen LogP contribution in [0.2, 0.25) is 0 Å². The standard InChI is InChI=1S/C20H29NO2/c22-20(23)18-9-4-8-17(14-18)15-21-13-5-10-19(21)12-11-16-6-2-1-3-7-16/h4,8-9,14,16,19H,1-3,5-7,10-13,15H2,(H,22,23). The van der Waals surface area contributed by atoms with Crippen molar-refractivity contribution in [1.82, 2.24) is 4.90 Å². The second kappa shape index (κ2) is 7.96. The van der Waals surface area contributed by atoms with Crippen molar-refractivity contribution in [2.45, 2.75) is 70.4 Å². The number of hydrogen-bond donors (Lipinski definition) is 1. The summed E-state index contributed by atoms with van der Waals surface area (Å²) >= 11 is 0. The molecule has 0 aromatic heterocycles. The van der Waals surface area contributed by atoms with Crippen LogP contribution in [0, 0.1) is 5.92 Å². The summed E-state index contributed by atoms with van der Waals surface area (Å²) in [4.78, 5) is 13.7. The van der Waals surface area contributed by atoms with E-state index in [0.29, 0.717) is 11.6 Å². The summed E-state index contributed by atoms with van der Waals surface area (Å²) in [5.41, 5.74) is 1.54. The summed E-state index contributed by atoms with van der Waals surface area (Å²) in [6.07, 6.45) is 12.5. The lowest BCUT2D eigenvalue weighted by atomic mass is 9.85. The van der Waals surface area contributed by atoms with Crippen LogP contribution in [0.4, 0.5) is 0 Å². The van der Waals surface area contributed by atoms with Crippen molar-refractivity contribution in [1.29, 1.82) is 0 Å². The van der Waals surface area contributed by atoms with E-state index in [1.165, 1.54) is 57.8 Å². The van der Waals surface area contributed by atoms with Gasteiger partial charge in [-0.05, 0) is 55.8 Å². The van der Waals surface area contributed by atoms with Gasteiger partial charge in [0.1, 0.15) is 0 Å². The maximum absolute atomic E-state index is 11.1. The molecule has 2 aliphatic rings. The molecule has 3 rings (SSSR count). The monoisotopic (exact) mass is 315 g/mol. The lowest BCUT2D eigenvalue weighted by molar-refractivity contribution is 0.0696. The van der Waals surface area contributed by atoms with E-state index in [-0.39, 0.29) is 0 Å². The van der Waals surface area contributed by atoms with Crippen LogP contribution in [-0.4, -0.2) is 28.6 Å². The number of rotatable bonds is 6. The Balaban J connectivity index is 1.54. The number of carboxylic acid groups (broad SMARTS) is 1. The van der Waals surface area contributed by atoms with Gasteiger partial charge >= 0.3 is 5.97 Å². The first-order valence-corrected chi connectivity index (χ1v) is 9.28. The van der Waals surface area contributed by atoms with E-state index in [1.54, 1.807) is 6.07 Å². The predicted molar refractivity (Wildman–Crippen MR) is 92.6 cm³/mol. The van der Waals surface area contributed by atoms with Gasteiger partial charge in [-0.3, -0.25) is 4.90 Å². The van der Waals surface area contributed by atoms with Gasteiger partial charge in [-0.15, -0.1) is 0 Å². The lowest BCUT2D eigenvalue weighted by Crippen LogP contribution is -2.29. The van der Waals surface area contributed by atoms with E-state index in [2.05, 4.69) is 11.0 Å². The molecule has 0 radical (unpaired) electrons. The molecule has 3 heteroatoms. The van der Waals surface area contributed by atoms with Crippen LogP contribution in [0.5, 0.6) is 0 Å². The molecule has 0 bridgehead atoms. The highest BCUT2D eigenvalue weighted by Crippen LogP contribution is 2.31. The molecule has 1 aromatic rings. The molecule has 1 N–H and O–H groups in total. The molecule has 1 aromatic carbocycles. The highest BCUT2D eigenvalue weighted by Gasteiger charge is 2.25. The third kappa shape index (κ3) is 4.57. The molecule has 1 atom stereocenters. The fourth-order valence-corrected chi connectivity index (χ4v) is 4.37. The molecule has 0 amide bonds. The van der Waals surface area contributed by atoms with E-state index in [4.69, 9.17) is 5.11 Å². The average molecular weight is 315 g/mol. The molecule has 126 valence electrons. The number of likely N-dealkylation sites (tertiary alicyclic amines) is 1. The molecule has 1 saturated carbocycles. The van der Waals surface area contributed by atoms with Crippen LogP contribution in [0.15, 0.2) is 24.3 Å². The van der Waals surface area contributed by atoms with Crippen LogP contribution in [0.1, 0.15) is 73.7 Å². The van der Waals surface area contributed by atoms with Gasteiger partial charge in [0.25, 0.3) is 0 Å². The maximum Gasteiger partial charge on any atom is 0.335 e. The Kier molecular flexibility index (Phi) is 5.71. The summed E-state index contributed by atoms with van der Waals surface area (Å²) in [6, 6.07) is 8.13. The Morgan fingerprint density at radius 3 is 2.70 bits per heavy atom. The van der Waals surface area contributed by atoms with Gasteiger partial charge in [0, 0.05) is 12.6 Å². The SMILES string of the molecule is O=C(O)c1cccc(CN2CCCC2CCC2CCCCC2)c1. The van der Waals surface area contributed by atoms with Crippen molar-refractivity contribution in [3.8, 4) is 0 Å². The average Bonchev–Trinajstić information content (AvgIpc) is 3.01. The minimum atomic E-state index is -0.831. The van der Waals surface area contributed by atoms with Gasteiger partial charge in [-0.2, -0.15) is 0 Å². The second-order valence-electron chi connectivity index (χ2n) is 7.35. The zero-order valence-electron chi connectivity index (χ0n) is 14.0. The van der Waals surface area contributed by atoms with Gasteiger partial charge in [0.15, 0.2) is 0 Å². The van der Waals surface area contributed by atoms with Crippen LogP contribution in [0.25, 0.3) is 0 Å². The first-order chi connectivity index (χ1) is 11.2. The number of nitrogens with zero attached hydrogens (tertiary/aromatic N) is 1. The van der Waals surface area contributed by atoms with E-state index < -0.39 is 5.97 Å². The van der Waals surface area contributed by atoms with Crippen LogP contribution < -0.4 is 0 Å². The molecule has 2 fully saturated rings. The van der Waals surface area contributed by atoms with Crippen molar-refractivity contribution >= 4 is 5.97 Å². The van der Waals surface area contributed by atoms with Crippen molar-refractivity contribution in [3.63, 3.8) is 0 Å². The molecule has 23 heavy (non-hydrogen) atoms. The third-order valence-electron chi connectivity index (χ3n) is 5.69. The van der Waals surface area contributed by atoms with Crippen molar-refractivity contribution < 1.29 is 9.90 Å². The first-order valence-electron chi connectivity index (χ1n) is 9.28. The number of aromatic carboxylic acids is 1. The normalized spacial score (nSPS) is 23.2. The fourth-order valence-electron chi connectivity index (χ4n) is 4.37. The number of carbonyl (C=O) groups is 1. The van der Waals surface area contributed by atoms with Crippen LogP contribution in [0.3, 0.4) is 0 Å². The summed E-state index contributed by atoms with van der Waals surface area (Å²) < 4.78 is 0. The van der Waals surface area contributed by atoms with Gasteiger partial charge in [-0.25, -0.2) is 4.79 Å². The van der Waals surface area contributed by atoms with E-state index in [1.807, 2.05) is 12.1 Å². The molecule has 1 saturated heterocycles.